The number of phenols is 2. The molecule has 2 aromatic carbocycles. The molecular weight excluding hydrogens is 948 g/mol. The van der Waals surface area contributed by atoms with Crippen molar-refractivity contribution >= 4 is 17.5 Å². The fourth-order valence-electron chi connectivity index (χ4n) is 12.3. The number of aliphatic hydroxyl groups excluding tert-OH is 2. The second kappa shape index (κ2) is 25.0. The standard InChI is InChI=1S/C42H70O11.C15H14O4.Na/c1-11-29(38(46)47)31-15-14-23(4)36(50-31)27(8)34(44)26(7)35(45)30(12-2)37-24(5)22-25(6)41(51-37)19-16-32(43)42(53-41)21-20-39(10,52-42)33-17-18-40(48,13-3)28(9)49-33;1-19-12-5-2-10(3-6-12)8-14(17)13-7-4-11(16)9-15(13)18;/h16,19,23-34,36-37,43-44,48H,11-15,17-18,20-22H2,1-10H3,(H,46,47);2-7,9,16,18H,8H2,1H3;/q;;+1/p-1. The van der Waals surface area contributed by atoms with Crippen molar-refractivity contribution in [2.45, 2.75) is 205 Å². The number of carbonyl (C=O) groups excluding carboxylic acids is 3. The van der Waals surface area contributed by atoms with Gasteiger partial charge in [-0.2, -0.15) is 0 Å². The van der Waals surface area contributed by atoms with Crippen molar-refractivity contribution in [2.75, 3.05) is 7.11 Å². The zero-order valence-electron chi connectivity index (χ0n) is 45.4. The summed E-state index contributed by atoms with van der Waals surface area (Å²) in [4.78, 5) is 38.3. The van der Waals surface area contributed by atoms with Crippen LogP contribution >= 0.6 is 0 Å². The monoisotopic (exact) mass is 1030 g/mol. The van der Waals surface area contributed by atoms with Crippen LogP contribution in [0, 0.1) is 41.4 Å². The molecule has 0 amide bonds. The number of Topliss-reactive ketones (excluding diaryl/α,β-unsaturated/α-hetero) is 2. The molecule has 7 rings (SSSR count). The molecule has 5 aliphatic rings. The summed E-state index contributed by atoms with van der Waals surface area (Å²) >= 11 is 0. The van der Waals surface area contributed by atoms with Crippen LogP contribution in [0.2, 0.25) is 0 Å². The van der Waals surface area contributed by atoms with Crippen LogP contribution in [0.3, 0.4) is 0 Å². The Hall–Kier alpha value is -2.93. The number of methoxy groups -OCH3 is 1. The van der Waals surface area contributed by atoms with E-state index in [9.17, 15) is 45.0 Å². The molecule has 402 valence electrons. The van der Waals surface area contributed by atoms with E-state index in [1.54, 1.807) is 50.5 Å². The maximum absolute atomic E-state index is 14.4. The second-order valence-electron chi connectivity index (χ2n) is 22.0. The Bertz CT molecular complexity index is 2210. The molecule has 5 aliphatic heterocycles. The van der Waals surface area contributed by atoms with Gasteiger partial charge in [0.05, 0.1) is 60.5 Å². The summed E-state index contributed by atoms with van der Waals surface area (Å²) in [5.41, 5.74) is -0.602. The predicted molar refractivity (Wildman–Crippen MR) is 267 cm³/mol. The minimum atomic E-state index is -1.37. The van der Waals surface area contributed by atoms with Gasteiger partial charge >= 0.3 is 29.6 Å². The number of rotatable bonds is 16. The summed E-state index contributed by atoms with van der Waals surface area (Å²) < 4.78 is 38.5. The van der Waals surface area contributed by atoms with Crippen LogP contribution in [-0.4, -0.2) is 116 Å². The Balaban J connectivity index is 0.000000413. The third-order valence-electron chi connectivity index (χ3n) is 17.2. The molecule has 0 radical (unpaired) electrons. The van der Waals surface area contributed by atoms with Crippen molar-refractivity contribution < 1.29 is 103 Å². The van der Waals surface area contributed by atoms with Crippen molar-refractivity contribution in [1.29, 1.82) is 0 Å². The number of carbonyl (C=O) groups is 3. The number of aromatic hydroxyl groups is 2. The molecule has 16 heteroatoms. The van der Waals surface area contributed by atoms with Crippen molar-refractivity contribution in [2.24, 2.45) is 41.4 Å². The molecule has 4 saturated heterocycles. The maximum atomic E-state index is 14.4. The SMILES string of the molecule is CCC(C(=O)[O-])C1CCC(C)C(C(C)C(O)C(C)C(=O)C(CC)C2OC3(C=CC(O)C4(CCC(C)(C5CCC(O)(CC)C(C)O5)O4)O3)C(C)CC2C)O1.COc1ccc(CC(=O)c2ccc(O)cc2O)cc1.[Na+]. The molecule has 0 aromatic heterocycles. The van der Waals surface area contributed by atoms with Gasteiger partial charge in [-0.15, -0.1) is 0 Å². The zero-order valence-corrected chi connectivity index (χ0v) is 47.4. The molecule has 5 heterocycles. The Morgan fingerprint density at radius 1 is 0.863 bits per heavy atom. The van der Waals surface area contributed by atoms with Gasteiger partial charge in [0, 0.05) is 54.5 Å². The van der Waals surface area contributed by atoms with E-state index < -0.39 is 82.9 Å². The molecular formula is C57H83NaO15. The number of carboxylic acids is 1. The second-order valence-corrected chi connectivity index (χ2v) is 22.0. The smallest absolute Gasteiger partial charge is 0.550 e. The number of phenolic OH excluding ortho intramolecular Hbond substituents is 2. The average molecular weight is 1030 g/mol. The molecule has 5 N–H and O–H groups in total. The van der Waals surface area contributed by atoms with Crippen LogP contribution in [-0.2, 0) is 39.7 Å². The van der Waals surface area contributed by atoms with Crippen molar-refractivity contribution in [3.63, 3.8) is 0 Å². The fraction of sp³-hybridized carbons (Fsp3) is 0.702. The summed E-state index contributed by atoms with van der Waals surface area (Å²) in [6.45, 7) is 19.5. The minimum absolute atomic E-state index is 0. The number of ether oxygens (including phenoxy) is 6. The van der Waals surface area contributed by atoms with E-state index in [1.807, 2.05) is 41.5 Å². The van der Waals surface area contributed by atoms with Crippen LogP contribution in [0.4, 0.5) is 0 Å². The van der Waals surface area contributed by atoms with Crippen LogP contribution in [0.25, 0.3) is 0 Å². The van der Waals surface area contributed by atoms with Gasteiger partial charge in [0.2, 0.25) is 5.79 Å². The molecule has 0 saturated carbocycles. The molecule has 18 unspecified atom stereocenters. The van der Waals surface area contributed by atoms with Crippen molar-refractivity contribution in [3.05, 3.63) is 65.7 Å². The largest absolute Gasteiger partial charge is 1.00 e. The van der Waals surface area contributed by atoms with E-state index in [0.717, 1.165) is 23.8 Å². The Morgan fingerprint density at radius 2 is 1.53 bits per heavy atom. The van der Waals surface area contributed by atoms with E-state index in [-0.39, 0.29) is 94.6 Å². The topological polar surface area (TPSA) is 231 Å². The van der Waals surface area contributed by atoms with E-state index in [4.69, 9.17) is 28.4 Å². The summed E-state index contributed by atoms with van der Waals surface area (Å²) in [5.74, 6) is -6.00. The molecule has 15 nitrogen and oxygen atoms in total. The summed E-state index contributed by atoms with van der Waals surface area (Å²) in [5, 5.41) is 64.8. The summed E-state index contributed by atoms with van der Waals surface area (Å²) in [6.07, 6.45) is 5.40. The number of ketones is 2. The van der Waals surface area contributed by atoms with Gasteiger partial charge in [0.1, 0.15) is 29.1 Å². The Kier molecular flexibility index (Phi) is 20.9. The Labute approximate surface area is 455 Å². The molecule has 2 spiro atoms. The third kappa shape index (κ3) is 13.1. The van der Waals surface area contributed by atoms with Crippen LogP contribution in [0.1, 0.15) is 149 Å². The number of carboxylic acid groups (broad SMARTS) is 1. The van der Waals surface area contributed by atoms with Gasteiger partial charge in [-0.3, -0.25) is 9.59 Å². The van der Waals surface area contributed by atoms with Gasteiger partial charge in [-0.25, -0.2) is 0 Å². The van der Waals surface area contributed by atoms with Gasteiger partial charge in [0.25, 0.3) is 0 Å². The number of hydrogen-bond acceptors (Lipinski definition) is 15. The molecule has 18 atom stereocenters. The van der Waals surface area contributed by atoms with E-state index in [1.165, 1.54) is 12.1 Å². The van der Waals surface area contributed by atoms with Crippen LogP contribution in [0.15, 0.2) is 54.6 Å². The first-order chi connectivity index (χ1) is 33.9. The molecule has 2 aromatic rings. The van der Waals surface area contributed by atoms with Crippen molar-refractivity contribution in [1.82, 2.24) is 0 Å². The summed E-state index contributed by atoms with van der Waals surface area (Å²) in [7, 11) is 1.58. The number of aliphatic carboxylic acids is 1. The number of aliphatic hydroxyl groups is 3. The molecule has 0 bridgehead atoms. The maximum Gasteiger partial charge on any atom is 1.00 e. The van der Waals surface area contributed by atoms with Crippen molar-refractivity contribution in [3.8, 4) is 17.2 Å². The average Bonchev–Trinajstić information content (AvgIpc) is 3.70. The molecule has 73 heavy (non-hydrogen) atoms. The van der Waals surface area contributed by atoms with E-state index in [0.29, 0.717) is 57.8 Å². The zero-order chi connectivity index (χ0) is 53.1. The minimum Gasteiger partial charge on any atom is -0.550 e. The first kappa shape index (κ1) is 60.9. The quantitative estimate of drug-likeness (QED) is 0.0893. The van der Waals surface area contributed by atoms with E-state index >= 15 is 0 Å². The number of benzene rings is 2. The normalized spacial score (nSPS) is 36.2. The van der Waals surface area contributed by atoms with Gasteiger partial charge in [0.15, 0.2) is 11.6 Å². The molecule has 0 aliphatic carbocycles. The van der Waals surface area contributed by atoms with Crippen LogP contribution < -0.4 is 39.4 Å². The first-order valence-corrected chi connectivity index (χ1v) is 26.5. The predicted octanol–water partition coefficient (Wildman–Crippen LogP) is 4.39. The van der Waals surface area contributed by atoms with Gasteiger partial charge < -0.3 is 63.9 Å². The fourth-order valence-corrected chi connectivity index (χ4v) is 12.3. The summed E-state index contributed by atoms with van der Waals surface area (Å²) in [6, 6.07) is 11.1. The van der Waals surface area contributed by atoms with Gasteiger partial charge in [-0.05, 0) is 125 Å². The van der Waals surface area contributed by atoms with Gasteiger partial charge in [-0.1, -0.05) is 67.5 Å². The third-order valence-corrected chi connectivity index (χ3v) is 17.2. The first-order valence-electron chi connectivity index (χ1n) is 26.5. The van der Waals surface area contributed by atoms with E-state index in [2.05, 4.69) is 20.8 Å². The molecule has 4 fully saturated rings. The van der Waals surface area contributed by atoms with Crippen LogP contribution in [0.5, 0.6) is 17.2 Å². The Morgan fingerprint density at radius 3 is 2.12 bits per heavy atom. The number of hydrogen-bond donors (Lipinski definition) is 5.